The van der Waals surface area contributed by atoms with Crippen LogP contribution in [-0.4, -0.2) is 26.1 Å². The fourth-order valence-electron chi connectivity index (χ4n) is 6.39. The Hall–Kier alpha value is -0.383. The molecule has 1 N–H and O–H groups in total. The Morgan fingerprint density at radius 2 is 1.81 bits per heavy atom. The first kappa shape index (κ1) is 21.9. The van der Waals surface area contributed by atoms with E-state index in [-0.39, 0.29) is 23.4 Å². The van der Waals surface area contributed by atoms with Crippen molar-refractivity contribution in [3.05, 3.63) is 24.8 Å². The van der Waals surface area contributed by atoms with Crippen molar-refractivity contribution in [3.8, 4) is 0 Å². The number of rotatable bonds is 8. The van der Waals surface area contributed by atoms with Gasteiger partial charge in [0.2, 0.25) is 0 Å². The van der Waals surface area contributed by atoms with Crippen LogP contribution in [0.5, 0.6) is 0 Å². The lowest BCUT2D eigenvalue weighted by Gasteiger charge is -2.61. The third kappa shape index (κ3) is 3.52. The van der Waals surface area contributed by atoms with E-state index in [1.54, 1.807) is 0 Å². The Bertz CT molecular complexity index is 504. The summed E-state index contributed by atoms with van der Waals surface area (Å²) in [5, 5.41) is 10.1. The minimum atomic E-state index is -1.64. The van der Waals surface area contributed by atoms with Gasteiger partial charge in [0.15, 0.2) is 8.32 Å². The summed E-state index contributed by atoms with van der Waals surface area (Å²) in [5.74, 6) is 0.795. The second-order valence-electron chi connectivity index (χ2n) is 9.38. The topological polar surface area (TPSA) is 29.5 Å². The standard InChI is InChI=1S/C23H42O2Si/c1-8-15-23(7)20-13-12-18(5)19(17-24)22(20,6)16-14-21(23)25-26(9-2,10-3)11-4/h8,19-21,24H,1,5,9-17H2,2-4,6-7H3/t19-,20-,21+,22-,23+/m1/s1. The summed E-state index contributed by atoms with van der Waals surface area (Å²) in [7, 11) is -1.64. The largest absolute Gasteiger partial charge is 0.413 e. The summed E-state index contributed by atoms with van der Waals surface area (Å²) in [6.45, 7) is 20.5. The van der Waals surface area contributed by atoms with Gasteiger partial charge >= 0.3 is 0 Å². The molecule has 0 aliphatic heterocycles. The molecule has 2 fully saturated rings. The zero-order valence-corrected chi connectivity index (χ0v) is 18.9. The van der Waals surface area contributed by atoms with E-state index in [9.17, 15) is 5.11 Å². The molecule has 2 saturated carbocycles. The molecule has 2 aliphatic rings. The smallest absolute Gasteiger partial charge is 0.192 e. The Morgan fingerprint density at radius 3 is 2.31 bits per heavy atom. The summed E-state index contributed by atoms with van der Waals surface area (Å²) < 4.78 is 7.09. The van der Waals surface area contributed by atoms with E-state index in [1.807, 2.05) is 0 Å². The van der Waals surface area contributed by atoms with Crippen molar-refractivity contribution in [1.82, 2.24) is 0 Å². The van der Waals surface area contributed by atoms with Crippen LogP contribution in [0.25, 0.3) is 0 Å². The normalized spacial score (nSPS) is 38.1. The Balaban J connectivity index is 2.40. The van der Waals surface area contributed by atoms with Crippen LogP contribution in [0.1, 0.15) is 66.7 Å². The molecule has 150 valence electrons. The van der Waals surface area contributed by atoms with Crippen molar-refractivity contribution in [2.45, 2.75) is 91.0 Å². The molecule has 0 saturated heterocycles. The molecule has 3 heteroatoms. The van der Waals surface area contributed by atoms with Crippen LogP contribution in [0.2, 0.25) is 18.1 Å². The fraction of sp³-hybridized carbons (Fsp3) is 0.826. The highest BCUT2D eigenvalue weighted by molar-refractivity contribution is 6.73. The van der Waals surface area contributed by atoms with E-state index in [1.165, 1.54) is 30.1 Å². The summed E-state index contributed by atoms with van der Waals surface area (Å²) in [6.07, 6.45) is 7.90. The van der Waals surface area contributed by atoms with Crippen LogP contribution >= 0.6 is 0 Å². The molecule has 0 amide bonds. The van der Waals surface area contributed by atoms with E-state index in [0.717, 1.165) is 25.7 Å². The lowest BCUT2D eigenvalue weighted by atomic mass is 9.46. The van der Waals surface area contributed by atoms with Gasteiger partial charge in [0, 0.05) is 5.92 Å². The first-order valence-electron chi connectivity index (χ1n) is 10.8. The van der Waals surface area contributed by atoms with E-state index in [0.29, 0.717) is 12.0 Å². The number of aliphatic hydroxyl groups is 1. The minimum Gasteiger partial charge on any atom is -0.413 e. The number of allylic oxidation sites excluding steroid dienone is 1. The number of aliphatic hydroxyl groups excluding tert-OH is 1. The first-order valence-corrected chi connectivity index (χ1v) is 13.4. The molecule has 0 aromatic rings. The first-order chi connectivity index (χ1) is 12.3. The van der Waals surface area contributed by atoms with Gasteiger partial charge in [-0.05, 0) is 67.0 Å². The van der Waals surface area contributed by atoms with Crippen LogP contribution < -0.4 is 0 Å². The lowest BCUT2D eigenvalue weighted by Crippen LogP contribution is -2.59. The molecule has 0 bridgehead atoms. The van der Waals surface area contributed by atoms with Crippen LogP contribution in [-0.2, 0) is 4.43 Å². The molecule has 2 aliphatic carbocycles. The maximum Gasteiger partial charge on any atom is 0.192 e. The number of hydrogen-bond acceptors (Lipinski definition) is 2. The van der Waals surface area contributed by atoms with Gasteiger partial charge in [0.25, 0.3) is 0 Å². The molecule has 2 nitrogen and oxygen atoms in total. The summed E-state index contributed by atoms with van der Waals surface area (Å²) in [6, 6.07) is 3.62. The molecule has 2 rings (SSSR count). The van der Waals surface area contributed by atoms with E-state index in [4.69, 9.17) is 4.43 Å². The zero-order chi connectivity index (χ0) is 19.6. The highest BCUT2D eigenvalue weighted by Gasteiger charge is 2.58. The summed E-state index contributed by atoms with van der Waals surface area (Å²) in [5.41, 5.74) is 1.50. The van der Waals surface area contributed by atoms with Crippen molar-refractivity contribution in [1.29, 1.82) is 0 Å². The lowest BCUT2D eigenvalue weighted by molar-refractivity contribution is -0.131. The molecule has 0 unspecified atom stereocenters. The summed E-state index contributed by atoms with van der Waals surface area (Å²) >= 11 is 0. The second-order valence-corrected chi connectivity index (χ2v) is 14.1. The second kappa shape index (κ2) is 8.32. The zero-order valence-electron chi connectivity index (χ0n) is 17.9. The minimum absolute atomic E-state index is 0.112. The van der Waals surface area contributed by atoms with Crippen LogP contribution in [0.3, 0.4) is 0 Å². The third-order valence-corrected chi connectivity index (χ3v) is 13.1. The van der Waals surface area contributed by atoms with Gasteiger partial charge in [-0.2, -0.15) is 0 Å². The molecule has 5 atom stereocenters. The van der Waals surface area contributed by atoms with Crippen molar-refractivity contribution in [2.75, 3.05) is 6.61 Å². The average molecular weight is 379 g/mol. The predicted octanol–water partition coefficient (Wildman–Crippen LogP) is 6.33. The van der Waals surface area contributed by atoms with Gasteiger partial charge in [-0.15, -0.1) is 6.58 Å². The van der Waals surface area contributed by atoms with Gasteiger partial charge in [0.1, 0.15) is 0 Å². The van der Waals surface area contributed by atoms with Crippen LogP contribution in [0.15, 0.2) is 24.8 Å². The maximum atomic E-state index is 10.1. The third-order valence-electron chi connectivity index (χ3n) is 8.41. The van der Waals surface area contributed by atoms with Crippen molar-refractivity contribution in [2.24, 2.45) is 22.7 Å². The Labute approximate surface area is 163 Å². The van der Waals surface area contributed by atoms with Gasteiger partial charge < -0.3 is 9.53 Å². The molecule has 0 heterocycles. The van der Waals surface area contributed by atoms with Crippen LogP contribution in [0, 0.1) is 22.7 Å². The van der Waals surface area contributed by atoms with Gasteiger partial charge in [-0.25, -0.2) is 0 Å². The molecule has 0 radical (unpaired) electrons. The molecule has 0 aromatic carbocycles. The maximum absolute atomic E-state index is 10.1. The van der Waals surface area contributed by atoms with E-state index in [2.05, 4.69) is 53.9 Å². The molecular formula is C23H42O2Si. The van der Waals surface area contributed by atoms with Gasteiger partial charge in [-0.1, -0.05) is 52.8 Å². The number of fused-ring (bicyclic) bond motifs is 1. The van der Waals surface area contributed by atoms with Crippen molar-refractivity contribution < 1.29 is 9.53 Å². The molecule has 26 heavy (non-hydrogen) atoms. The summed E-state index contributed by atoms with van der Waals surface area (Å²) in [4.78, 5) is 0. The Kier molecular flexibility index (Phi) is 7.01. The molecule has 0 aromatic heterocycles. The quantitative estimate of drug-likeness (QED) is 0.395. The molecule has 0 spiro atoms. The predicted molar refractivity (Wildman–Crippen MR) is 115 cm³/mol. The monoisotopic (exact) mass is 378 g/mol. The Morgan fingerprint density at radius 1 is 1.19 bits per heavy atom. The highest BCUT2D eigenvalue weighted by atomic mass is 28.4. The van der Waals surface area contributed by atoms with E-state index < -0.39 is 8.32 Å². The van der Waals surface area contributed by atoms with Gasteiger partial charge in [-0.3, -0.25) is 0 Å². The SMILES string of the molecule is C=CC[C@@]1(C)[C@@H]2CCC(=C)[C@@H](CO)[C@@]2(C)CC[C@@H]1O[Si](CC)(CC)CC. The number of hydrogen-bond donors (Lipinski definition) is 1. The van der Waals surface area contributed by atoms with E-state index >= 15 is 0 Å². The molecular weight excluding hydrogens is 336 g/mol. The fourth-order valence-corrected chi connectivity index (χ4v) is 9.38. The van der Waals surface area contributed by atoms with Crippen molar-refractivity contribution >= 4 is 8.32 Å². The van der Waals surface area contributed by atoms with Crippen LogP contribution in [0.4, 0.5) is 0 Å². The van der Waals surface area contributed by atoms with Gasteiger partial charge in [0.05, 0.1) is 12.7 Å². The van der Waals surface area contributed by atoms with Crippen molar-refractivity contribution in [3.63, 3.8) is 0 Å². The highest BCUT2D eigenvalue weighted by Crippen LogP contribution is 2.62. The average Bonchev–Trinajstić information content (AvgIpc) is 2.62.